The molecule has 41 heavy (non-hydrogen) atoms. The average Bonchev–Trinajstić information content (AvgIpc) is 2.88. The van der Waals surface area contributed by atoms with Crippen LogP contribution in [0.2, 0.25) is 0 Å². The molecule has 1 aromatic rings. The van der Waals surface area contributed by atoms with Gasteiger partial charge in [-0.3, -0.25) is 24.0 Å². The standard InChI is InChI=1S/C32H44O9/c1-6-7-8-9-14-31(2,3)19-15-24(40-28(38)12-10-26(34)35)30(25(16-19)41-29(39)13-11-27(36)37)20-17-23(33)22-18-21(20)32(22,4)5/h15-16,20-22H,6-14,17-18H2,1-5H3,(H,34,35)(H,36,37)/t20-,21-,22+/m0/s1. The fourth-order valence-electron chi connectivity index (χ4n) is 6.42. The van der Waals surface area contributed by atoms with E-state index in [0.717, 1.165) is 37.7 Å². The first-order valence-electron chi connectivity index (χ1n) is 14.7. The Kier molecular flexibility index (Phi) is 10.4. The molecule has 1 aromatic carbocycles. The molecule has 2 N–H and O–H groups in total. The lowest BCUT2D eigenvalue weighted by Crippen LogP contribution is -2.56. The fourth-order valence-corrected chi connectivity index (χ4v) is 6.42. The van der Waals surface area contributed by atoms with Crippen molar-refractivity contribution in [1.29, 1.82) is 0 Å². The second-order valence-corrected chi connectivity index (χ2v) is 12.8. The van der Waals surface area contributed by atoms with Gasteiger partial charge in [0, 0.05) is 23.8 Å². The molecule has 0 spiro atoms. The third kappa shape index (κ3) is 7.74. The number of esters is 2. The number of fused-ring (bicyclic) bond motifs is 2. The molecule has 3 aliphatic rings. The number of ketones is 1. The summed E-state index contributed by atoms with van der Waals surface area (Å²) in [5, 5.41) is 18.1. The van der Waals surface area contributed by atoms with Crippen LogP contribution in [0.15, 0.2) is 12.1 Å². The molecule has 0 unspecified atom stereocenters. The van der Waals surface area contributed by atoms with E-state index in [1.807, 2.05) is 13.8 Å². The molecule has 0 amide bonds. The molecule has 0 aromatic heterocycles. The van der Waals surface area contributed by atoms with E-state index in [1.165, 1.54) is 0 Å². The van der Waals surface area contributed by atoms with Crippen LogP contribution < -0.4 is 9.47 Å². The van der Waals surface area contributed by atoms with Crippen molar-refractivity contribution in [3.8, 4) is 11.5 Å². The number of hydrogen-bond acceptors (Lipinski definition) is 7. The van der Waals surface area contributed by atoms with Gasteiger partial charge < -0.3 is 19.7 Å². The maximum Gasteiger partial charge on any atom is 0.311 e. The maximum absolute atomic E-state index is 13.1. The summed E-state index contributed by atoms with van der Waals surface area (Å²) in [5.41, 5.74) is 0.534. The second-order valence-electron chi connectivity index (χ2n) is 12.8. The van der Waals surface area contributed by atoms with Crippen LogP contribution in [0.4, 0.5) is 0 Å². The second kappa shape index (κ2) is 13.2. The van der Waals surface area contributed by atoms with Gasteiger partial charge in [-0.1, -0.05) is 60.3 Å². The van der Waals surface area contributed by atoms with Gasteiger partial charge in [0.05, 0.1) is 25.7 Å². The smallest absolute Gasteiger partial charge is 0.311 e. The average molecular weight is 573 g/mol. The molecule has 0 saturated heterocycles. The summed E-state index contributed by atoms with van der Waals surface area (Å²) in [4.78, 5) is 61.0. The maximum atomic E-state index is 13.1. The summed E-state index contributed by atoms with van der Waals surface area (Å²) in [6.45, 7) is 10.3. The molecule has 0 radical (unpaired) electrons. The molecule has 3 fully saturated rings. The van der Waals surface area contributed by atoms with E-state index in [2.05, 4.69) is 20.8 Å². The number of rotatable bonds is 15. The summed E-state index contributed by atoms with van der Waals surface area (Å²) in [6, 6.07) is 3.54. The predicted molar refractivity (Wildman–Crippen MR) is 151 cm³/mol. The molecule has 3 atom stereocenters. The minimum Gasteiger partial charge on any atom is -0.481 e. The number of unbranched alkanes of at least 4 members (excludes halogenated alkanes) is 3. The van der Waals surface area contributed by atoms with E-state index >= 15 is 0 Å². The van der Waals surface area contributed by atoms with Crippen LogP contribution in [0.1, 0.15) is 122 Å². The molecular weight excluding hydrogens is 528 g/mol. The number of carboxylic acid groups (broad SMARTS) is 2. The van der Waals surface area contributed by atoms with Gasteiger partial charge in [0.2, 0.25) is 0 Å². The Morgan fingerprint density at radius 1 is 0.902 bits per heavy atom. The SMILES string of the molecule is CCCCCCC(C)(C)c1cc(OC(=O)CCC(=O)O)c([C@H]2CC(=O)[C@H]3C[C@@H]2C3(C)C)c(OC(=O)CCC(=O)O)c1. The van der Waals surface area contributed by atoms with Crippen LogP contribution >= 0.6 is 0 Å². The lowest BCUT2D eigenvalue weighted by molar-refractivity contribution is -0.152. The van der Waals surface area contributed by atoms with E-state index in [9.17, 15) is 24.0 Å². The van der Waals surface area contributed by atoms with Crippen LogP contribution in [0.25, 0.3) is 0 Å². The van der Waals surface area contributed by atoms with Crippen LogP contribution in [0.3, 0.4) is 0 Å². The van der Waals surface area contributed by atoms with E-state index in [-0.39, 0.29) is 65.1 Å². The lowest BCUT2D eigenvalue weighted by Gasteiger charge is -2.59. The Labute approximate surface area is 242 Å². The Bertz CT molecular complexity index is 1130. The Balaban J connectivity index is 2.12. The number of carbonyl (C=O) groups is 5. The molecule has 3 saturated carbocycles. The number of carbonyl (C=O) groups excluding carboxylic acids is 3. The highest BCUT2D eigenvalue weighted by molar-refractivity contribution is 5.87. The highest BCUT2D eigenvalue weighted by Crippen LogP contribution is 2.64. The number of hydrogen-bond donors (Lipinski definition) is 2. The van der Waals surface area contributed by atoms with E-state index in [4.69, 9.17) is 19.7 Å². The van der Waals surface area contributed by atoms with Gasteiger partial charge in [-0.2, -0.15) is 0 Å². The highest BCUT2D eigenvalue weighted by Gasteiger charge is 2.59. The van der Waals surface area contributed by atoms with Gasteiger partial charge in [0.1, 0.15) is 17.3 Å². The van der Waals surface area contributed by atoms with Crippen molar-refractivity contribution in [1.82, 2.24) is 0 Å². The first-order valence-corrected chi connectivity index (χ1v) is 14.7. The number of aliphatic carboxylic acids is 2. The third-order valence-corrected chi connectivity index (χ3v) is 9.08. The first-order chi connectivity index (χ1) is 19.2. The van der Waals surface area contributed by atoms with Crippen molar-refractivity contribution in [2.24, 2.45) is 17.3 Å². The summed E-state index contributed by atoms with van der Waals surface area (Å²) in [6.07, 6.45) is 4.49. The molecule has 0 aliphatic heterocycles. The molecule has 4 rings (SSSR count). The zero-order chi connectivity index (χ0) is 30.5. The minimum absolute atomic E-state index is 0.0480. The molecule has 0 heterocycles. The summed E-state index contributed by atoms with van der Waals surface area (Å²) in [7, 11) is 0. The van der Waals surface area contributed by atoms with Crippen LogP contribution in [0.5, 0.6) is 11.5 Å². The van der Waals surface area contributed by atoms with Gasteiger partial charge in [0.15, 0.2) is 0 Å². The van der Waals surface area contributed by atoms with Gasteiger partial charge >= 0.3 is 23.9 Å². The molecular formula is C32H44O9. The largest absolute Gasteiger partial charge is 0.481 e. The summed E-state index contributed by atoms with van der Waals surface area (Å²) >= 11 is 0. The zero-order valence-corrected chi connectivity index (χ0v) is 24.9. The fraction of sp³-hybridized carbons (Fsp3) is 0.656. The van der Waals surface area contributed by atoms with Crippen molar-refractivity contribution in [3.63, 3.8) is 0 Å². The predicted octanol–water partition coefficient (Wildman–Crippen LogP) is 6.19. The molecule has 9 heteroatoms. The molecule has 3 aliphatic carbocycles. The zero-order valence-electron chi connectivity index (χ0n) is 24.9. The Morgan fingerprint density at radius 2 is 1.44 bits per heavy atom. The minimum atomic E-state index is -1.13. The number of ether oxygens (including phenoxy) is 2. The quantitative estimate of drug-likeness (QED) is 0.143. The van der Waals surface area contributed by atoms with Crippen molar-refractivity contribution in [2.75, 3.05) is 0 Å². The van der Waals surface area contributed by atoms with Crippen molar-refractivity contribution in [3.05, 3.63) is 23.3 Å². The van der Waals surface area contributed by atoms with Crippen molar-refractivity contribution < 1.29 is 43.7 Å². The van der Waals surface area contributed by atoms with Crippen LogP contribution in [0, 0.1) is 17.3 Å². The van der Waals surface area contributed by atoms with Crippen molar-refractivity contribution >= 4 is 29.7 Å². The first kappa shape index (κ1) is 32.3. The highest BCUT2D eigenvalue weighted by atomic mass is 16.5. The number of benzene rings is 1. The topological polar surface area (TPSA) is 144 Å². The number of Topliss-reactive ketones (excluding diaryl/α,β-unsaturated/α-hetero) is 1. The summed E-state index contributed by atoms with van der Waals surface area (Å²) in [5.74, 6) is -3.64. The lowest BCUT2D eigenvalue weighted by atomic mass is 9.44. The molecule has 9 nitrogen and oxygen atoms in total. The van der Waals surface area contributed by atoms with Gasteiger partial charge in [-0.25, -0.2) is 0 Å². The van der Waals surface area contributed by atoms with E-state index < -0.39 is 36.7 Å². The van der Waals surface area contributed by atoms with Gasteiger partial charge in [0.25, 0.3) is 0 Å². The van der Waals surface area contributed by atoms with Crippen LogP contribution in [-0.4, -0.2) is 39.9 Å². The monoisotopic (exact) mass is 572 g/mol. The van der Waals surface area contributed by atoms with E-state index in [0.29, 0.717) is 12.0 Å². The van der Waals surface area contributed by atoms with Gasteiger partial charge in [-0.15, -0.1) is 0 Å². The number of carboxylic acids is 2. The van der Waals surface area contributed by atoms with Crippen LogP contribution in [-0.2, 0) is 29.4 Å². The Morgan fingerprint density at radius 3 is 1.88 bits per heavy atom. The third-order valence-electron chi connectivity index (χ3n) is 9.08. The normalized spacial score (nSPS) is 21.1. The van der Waals surface area contributed by atoms with Crippen molar-refractivity contribution in [2.45, 2.75) is 117 Å². The van der Waals surface area contributed by atoms with Gasteiger partial charge in [-0.05, 0) is 47.3 Å². The summed E-state index contributed by atoms with van der Waals surface area (Å²) < 4.78 is 11.6. The molecule has 2 bridgehead atoms. The van der Waals surface area contributed by atoms with E-state index in [1.54, 1.807) is 12.1 Å². The molecule has 226 valence electrons. The Hall–Kier alpha value is -3.23.